The average Bonchev–Trinajstić information content (AvgIpc) is 3.38. The van der Waals surface area contributed by atoms with E-state index in [1.807, 2.05) is 60.9 Å². The summed E-state index contributed by atoms with van der Waals surface area (Å²) in [6.07, 6.45) is 0. The number of hydrogen-bond donors (Lipinski definition) is 0. The molecule has 1 aliphatic heterocycles. The fourth-order valence-electron chi connectivity index (χ4n) is 4.00. The van der Waals surface area contributed by atoms with Crippen molar-refractivity contribution in [2.75, 3.05) is 12.5 Å². The maximum atomic E-state index is 13.1. The van der Waals surface area contributed by atoms with Crippen LogP contribution in [0, 0.1) is 13.8 Å². The lowest BCUT2D eigenvalue weighted by Gasteiger charge is -2.11. The number of ketones is 1. The van der Waals surface area contributed by atoms with E-state index in [-0.39, 0.29) is 23.9 Å². The highest BCUT2D eigenvalue weighted by molar-refractivity contribution is 7.99. The van der Waals surface area contributed by atoms with E-state index in [9.17, 15) is 9.59 Å². The number of ether oxygens (including phenoxy) is 2. The van der Waals surface area contributed by atoms with Crippen molar-refractivity contribution in [3.05, 3.63) is 75.8 Å². The van der Waals surface area contributed by atoms with Crippen molar-refractivity contribution in [3.63, 3.8) is 0 Å². The van der Waals surface area contributed by atoms with Crippen molar-refractivity contribution in [1.82, 2.24) is 14.1 Å². The molecule has 2 aromatic heterocycles. The molecular formula is C24H21N3O4S. The maximum Gasteiger partial charge on any atom is 0.261 e. The fourth-order valence-corrected chi connectivity index (χ4v) is 4.86. The van der Waals surface area contributed by atoms with Gasteiger partial charge >= 0.3 is 0 Å². The van der Waals surface area contributed by atoms with E-state index in [0.717, 1.165) is 22.8 Å². The van der Waals surface area contributed by atoms with Crippen LogP contribution in [-0.2, 0) is 7.05 Å². The largest absolute Gasteiger partial charge is 0.454 e. The van der Waals surface area contributed by atoms with Crippen molar-refractivity contribution in [1.29, 1.82) is 0 Å². The fraction of sp³-hybridized carbons (Fsp3) is 0.208. The summed E-state index contributed by atoms with van der Waals surface area (Å²) in [5.74, 6) is 1.58. The van der Waals surface area contributed by atoms with Crippen LogP contribution in [0.3, 0.4) is 0 Å². The van der Waals surface area contributed by atoms with Crippen molar-refractivity contribution < 1.29 is 14.3 Å². The van der Waals surface area contributed by atoms with Crippen molar-refractivity contribution >= 4 is 28.4 Å². The molecule has 0 spiro atoms. The quantitative estimate of drug-likeness (QED) is 0.261. The number of hydrogen-bond acceptors (Lipinski definition) is 6. The molecule has 0 unspecified atom stereocenters. The first-order valence-electron chi connectivity index (χ1n) is 10.1. The zero-order valence-corrected chi connectivity index (χ0v) is 18.7. The first-order valence-corrected chi connectivity index (χ1v) is 11.1. The van der Waals surface area contributed by atoms with Gasteiger partial charge in [-0.05, 0) is 44.2 Å². The lowest BCUT2D eigenvalue weighted by Crippen LogP contribution is -2.20. The summed E-state index contributed by atoms with van der Waals surface area (Å²) in [4.78, 5) is 30.3. The van der Waals surface area contributed by atoms with E-state index in [1.165, 1.54) is 16.3 Å². The third kappa shape index (κ3) is 3.36. The zero-order valence-electron chi connectivity index (χ0n) is 17.9. The molecule has 7 nitrogen and oxygen atoms in total. The van der Waals surface area contributed by atoms with E-state index in [4.69, 9.17) is 9.47 Å². The number of aromatic nitrogens is 3. The smallest absolute Gasteiger partial charge is 0.261 e. The minimum Gasteiger partial charge on any atom is -0.454 e. The predicted octanol–water partition coefficient (Wildman–Crippen LogP) is 4.04. The average molecular weight is 448 g/mol. The summed E-state index contributed by atoms with van der Waals surface area (Å²) in [6.45, 7) is 4.12. The number of carbonyl (C=O) groups is 1. The molecule has 2 aromatic carbocycles. The number of fused-ring (bicyclic) bond motifs is 2. The number of para-hydroxylation sites is 1. The summed E-state index contributed by atoms with van der Waals surface area (Å²) >= 11 is 1.27. The Bertz CT molecular complexity index is 1440. The normalized spacial score (nSPS) is 12.5. The Labute approximate surface area is 188 Å². The molecule has 0 amide bonds. The number of aryl methyl sites for hydroxylation is 1. The van der Waals surface area contributed by atoms with E-state index in [1.54, 1.807) is 13.1 Å². The Morgan fingerprint density at radius 1 is 1.09 bits per heavy atom. The molecule has 0 N–H and O–H groups in total. The molecule has 0 atom stereocenters. The van der Waals surface area contributed by atoms with Gasteiger partial charge in [0.05, 0.1) is 16.7 Å². The minimum absolute atomic E-state index is 0.0162. The van der Waals surface area contributed by atoms with Gasteiger partial charge < -0.3 is 14.0 Å². The topological polar surface area (TPSA) is 75.4 Å². The van der Waals surface area contributed by atoms with E-state index in [0.29, 0.717) is 27.4 Å². The Morgan fingerprint density at radius 3 is 2.72 bits per heavy atom. The van der Waals surface area contributed by atoms with Gasteiger partial charge in [-0.15, -0.1) is 0 Å². The highest BCUT2D eigenvalue weighted by Gasteiger charge is 2.20. The monoisotopic (exact) mass is 447 g/mol. The lowest BCUT2D eigenvalue weighted by atomic mass is 10.2. The van der Waals surface area contributed by atoms with Crippen LogP contribution in [-0.4, -0.2) is 32.4 Å². The molecule has 0 bridgehead atoms. The van der Waals surface area contributed by atoms with Gasteiger partial charge in [0.1, 0.15) is 0 Å². The molecular weight excluding hydrogens is 426 g/mol. The Morgan fingerprint density at radius 2 is 1.88 bits per heavy atom. The second-order valence-electron chi connectivity index (χ2n) is 7.65. The maximum absolute atomic E-state index is 13.1. The Kier molecular flexibility index (Phi) is 5.01. The summed E-state index contributed by atoms with van der Waals surface area (Å²) < 4.78 is 14.4. The van der Waals surface area contributed by atoms with Crippen molar-refractivity contribution in [3.8, 4) is 17.2 Å². The molecule has 5 rings (SSSR count). The van der Waals surface area contributed by atoms with Gasteiger partial charge in [0, 0.05) is 35.8 Å². The first kappa shape index (κ1) is 20.4. The van der Waals surface area contributed by atoms with Gasteiger partial charge in [-0.25, -0.2) is 4.98 Å². The molecule has 1 aliphatic rings. The highest BCUT2D eigenvalue weighted by atomic mass is 32.2. The molecule has 0 fully saturated rings. The van der Waals surface area contributed by atoms with E-state index >= 15 is 0 Å². The molecule has 8 heteroatoms. The molecule has 0 aliphatic carbocycles. The van der Waals surface area contributed by atoms with Crippen LogP contribution in [0.15, 0.2) is 58.5 Å². The molecule has 0 saturated carbocycles. The van der Waals surface area contributed by atoms with Gasteiger partial charge in [0.15, 0.2) is 22.4 Å². The number of carbonyl (C=O) groups excluding carboxylic acids is 1. The van der Waals surface area contributed by atoms with Gasteiger partial charge in [0.25, 0.3) is 5.56 Å². The predicted molar refractivity (Wildman–Crippen MR) is 123 cm³/mol. The molecule has 0 saturated heterocycles. The Balaban J connectivity index is 1.41. The lowest BCUT2D eigenvalue weighted by molar-refractivity contribution is 0.102. The van der Waals surface area contributed by atoms with Gasteiger partial charge in [-0.1, -0.05) is 23.9 Å². The molecule has 0 radical (unpaired) electrons. The first-order chi connectivity index (χ1) is 15.4. The van der Waals surface area contributed by atoms with Crippen LogP contribution < -0.4 is 15.0 Å². The van der Waals surface area contributed by atoms with Gasteiger partial charge in [-0.3, -0.25) is 14.2 Å². The summed E-state index contributed by atoms with van der Waals surface area (Å²) in [5, 5.41) is 1.09. The standard InChI is InChI=1S/C24H21N3O4S/c1-14-10-18(15(2)27(14)16-8-9-21-22(11-16)31-13-30-21)20(28)12-32-24-25-19-7-5-4-6-17(19)23(29)26(24)3/h4-11H,12-13H2,1-3H3. The highest BCUT2D eigenvalue weighted by Crippen LogP contribution is 2.35. The van der Waals surface area contributed by atoms with Crippen LogP contribution in [0.1, 0.15) is 21.7 Å². The van der Waals surface area contributed by atoms with E-state index in [2.05, 4.69) is 4.98 Å². The summed E-state index contributed by atoms with van der Waals surface area (Å²) in [6, 6.07) is 14.9. The second-order valence-corrected chi connectivity index (χ2v) is 8.59. The number of Topliss-reactive ketones (excluding diaryl/α,β-unsaturated/α-hetero) is 1. The van der Waals surface area contributed by atoms with Crippen LogP contribution in [0.2, 0.25) is 0 Å². The summed E-state index contributed by atoms with van der Waals surface area (Å²) in [5.41, 5.74) is 3.88. The third-order valence-electron chi connectivity index (χ3n) is 5.62. The number of rotatable bonds is 5. The van der Waals surface area contributed by atoms with Crippen LogP contribution in [0.4, 0.5) is 0 Å². The molecule has 32 heavy (non-hydrogen) atoms. The van der Waals surface area contributed by atoms with Crippen molar-refractivity contribution in [2.24, 2.45) is 7.05 Å². The number of benzene rings is 2. The SMILES string of the molecule is Cc1cc(C(=O)CSc2nc3ccccc3c(=O)n2C)c(C)n1-c1ccc2c(c1)OCO2. The summed E-state index contributed by atoms with van der Waals surface area (Å²) in [7, 11) is 1.68. The minimum atomic E-state index is -0.119. The zero-order chi connectivity index (χ0) is 22.4. The second kappa shape index (κ2) is 7.87. The van der Waals surface area contributed by atoms with Crippen LogP contribution in [0.5, 0.6) is 11.5 Å². The van der Waals surface area contributed by atoms with Gasteiger partial charge in [-0.2, -0.15) is 0 Å². The van der Waals surface area contributed by atoms with E-state index < -0.39 is 0 Å². The third-order valence-corrected chi connectivity index (χ3v) is 6.65. The number of thioether (sulfide) groups is 1. The van der Waals surface area contributed by atoms with Crippen LogP contribution >= 0.6 is 11.8 Å². The van der Waals surface area contributed by atoms with Crippen LogP contribution in [0.25, 0.3) is 16.6 Å². The molecule has 162 valence electrons. The Hall–Kier alpha value is -3.52. The molecule has 4 aromatic rings. The van der Waals surface area contributed by atoms with Crippen molar-refractivity contribution in [2.45, 2.75) is 19.0 Å². The van der Waals surface area contributed by atoms with Gasteiger partial charge in [0.2, 0.25) is 6.79 Å². The molecule has 3 heterocycles. The number of nitrogens with zero attached hydrogens (tertiary/aromatic N) is 3.